The van der Waals surface area contributed by atoms with Crippen LogP contribution in [0.5, 0.6) is 0 Å². The first-order chi connectivity index (χ1) is 16.2. The number of nitrogens with zero attached hydrogens (tertiary/aromatic N) is 5. The summed E-state index contributed by atoms with van der Waals surface area (Å²) in [5.41, 5.74) is -1.63. The summed E-state index contributed by atoms with van der Waals surface area (Å²) in [7, 11) is 0. The lowest BCUT2D eigenvalue weighted by atomic mass is 9.93. The highest BCUT2D eigenvalue weighted by Crippen LogP contribution is 2.32. The largest absolute Gasteiger partial charge is 0.415 e. The Morgan fingerprint density at radius 3 is 2.56 bits per heavy atom. The minimum atomic E-state index is -2.91. The summed E-state index contributed by atoms with van der Waals surface area (Å²) in [5, 5.41) is 6.79. The fourth-order valence-electron chi connectivity index (χ4n) is 3.51. The number of anilines is 1. The average Bonchev–Trinajstić information content (AvgIpc) is 3.30. The maximum Gasteiger partial charge on any atom is 0.314 e. The molecule has 1 saturated heterocycles. The number of pyridine rings is 1. The zero-order chi connectivity index (χ0) is 24.5. The van der Waals surface area contributed by atoms with Crippen molar-refractivity contribution in [1.29, 1.82) is 0 Å². The first-order valence-electron chi connectivity index (χ1n) is 10.3. The van der Waals surface area contributed by atoms with Gasteiger partial charge < -0.3 is 14.2 Å². The summed E-state index contributed by atoms with van der Waals surface area (Å²) in [6, 6.07) is 8.06. The molecule has 1 aromatic carbocycles. The lowest BCUT2D eigenvalue weighted by Gasteiger charge is -2.45. The van der Waals surface area contributed by atoms with Crippen LogP contribution in [0.25, 0.3) is 11.5 Å². The maximum atomic E-state index is 15.4. The second-order valence-electron chi connectivity index (χ2n) is 7.72. The molecule has 1 aliphatic heterocycles. The molecule has 3 heterocycles. The zero-order valence-corrected chi connectivity index (χ0v) is 17.9. The third-order valence-corrected chi connectivity index (χ3v) is 5.31. The summed E-state index contributed by atoms with van der Waals surface area (Å²) >= 11 is 0. The van der Waals surface area contributed by atoms with Gasteiger partial charge in [0.25, 0.3) is 11.8 Å². The predicted octanol–water partition coefficient (Wildman–Crippen LogP) is 3.70. The van der Waals surface area contributed by atoms with Gasteiger partial charge in [0.1, 0.15) is 5.82 Å². The Balaban J connectivity index is 1.56. The Labute approximate surface area is 191 Å². The van der Waals surface area contributed by atoms with Crippen molar-refractivity contribution in [3.63, 3.8) is 0 Å². The molecule has 0 radical (unpaired) electrons. The highest BCUT2D eigenvalue weighted by Gasteiger charge is 2.53. The number of carbonyl (C=O) groups is 2. The second-order valence-corrected chi connectivity index (χ2v) is 7.72. The van der Waals surface area contributed by atoms with E-state index in [2.05, 4.69) is 15.2 Å². The Kier molecular flexibility index (Phi) is 6.31. The number of hydrogen-bond donors (Lipinski definition) is 0. The summed E-state index contributed by atoms with van der Waals surface area (Å²) in [5.74, 6) is -2.81. The number of alkyl halides is 3. The van der Waals surface area contributed by atoms with Crippen molar-refractivity contribution in [2.45, 2.75) is 32.0 Å². The van der Waals surface area contributed by atoms with Crippen molar-refractivity contribution >= 4 is 17.5 Å². The highest BCUT2D eigenvalue weighted by molar-refractivity contribution is 6.01. The predicted molar refractivity (Wildman–Crippen MR) is 111 cm³/mol. The van der Waals surface area contributed by atoms with Crippen molar-refractivity contribution in [2.75, 3.05) is 18.0 Å². The van der Waals surface area contributed by atoms with Crippen molar-refractivity contribution in [3.05, 3.63) is 60.0 Å². The van der Waals surface area contributed by atoms with Crippen molar-refractivity contribution in [3.8, 4) is 11.5 Å². The van der Waals surface area contributed by atoms with Gasteiger partial charge in [-0.25, -0.2) is 8.78 Å². The average molecular weight is 477 g/mol. The van der Waals surface area contributed by atoms with Crippen LogP contribution in [0, 0.1) is 5.82 Å². The molecule has 0 bridgehead atoms. The number of carbonyl (C=O) groups excluding carboxylic acids is 2. The van der Waals surface area contributed by atoms with Crippen LogP contribution < -0.4 is 4.90 Å². The standard InChI is InChI=1S/C22H19F4N5O3/c1-2-17(32)30-11-22(26,12-30)21(33)31(16-5-3-4-14(23)8-16)10-15-7-6-13(9-27-15)19-28-29-20(34-19)18(24)25/h3-9,18H,2,10-12H2,1H3. The molecule has 0 N–H and O–H groups in total. The van der Waals surface area contributed by atoms with E-state index >= 15 is 4.39 Å². The van der Waals surface area contributed by atoms with Crippen LogP contribution in [-0.2, 0) is 16.1 Å². The zero-order valence-electron chi connectivity index (χ0n) is 17.9. The van der Waals surface area contributed by atoms with Gasteiger partial charge in [0, 0.05) is 18.3 Å². The maximum absolute atomic E-state index is 15.4. The fraction of sp³-hybridized carbons (Fsp3) is 0.318. The van der Waals surface area contributed by atoms with E-state index in [1.54, 1.807) is 6.92 Å². The van der Waals surface area contributed by atoms with Gasteiger partial charge >= 0.3 is 6.43 Å². The first-order valence-corrected chi connectivity index (χ1v) is 10.3. The molecule has 0 unspecified atom stereocenters. The van der Waals surface area contributed by atoms with Gasteiger partial charge in [0.2, 0.25) is 17.5 Å². The van der Waals surface area contributed by atoms with Crippen LogP contribution in [0.15, 0.2) is 47.0 Å². The molecule has 2 aromatic heterocycles. The summed E-state index contributed by atoms with van der Waals surface area (Å²) < 4.78 is 59.4. The van der Waals surface area contributed by atoms with E-state index < -0.39 is 29.7 Å². The van der Waals surface area contributed by atoms with Crippen molar-refractivity contribution in [1.82, 2.24) is 20.1 Å². The first kappa shape index (κ1) is 23.3. The minimum Gasteiger partial charge on any atom is -0.415 e. The topological polar surface area (TPSA) is 92.4 Å². The smallest absolute Gasteiger partial charge is 0.314 e. The number of halogens is 4. The van der Waals surface area contributed by atoms with E-state index in [9.17, 15) is 22.8 Å². The van der Waals surface area contributed by atoms with E-state index in [1.165, 1.54) is 41.4 Å². The number of aromatic nitrogens is 3. The fourth-order valence-corrected chi connectivity index (χ4v) is 3.51. The Bertz CT molecular complexity index is 1200. The van der Waals surface area contributed by atoms with Crippen LogP contribution in [0.4, 0.5) is 23.2 Å². The highest BCUT2D eigenvalue weighted by atomic mass is 19.3. The van der Waals surface area contributed by atoms with Crippen LogP contribution >= 0.6 is 0 Å². The van der Waals surface area contributed by atoms with Crippen molar-refractivity contribution in [2.24, 2.45) is 0 Å². The molecule has 2 amide bonds. The molecule has 1 fully saturated rings. The molecule has 8 nitrogen and oxygen atoms in total. The molecule has 4 rings (SSSR count). The third-order valence-electron chi connectivity index (χ3n) is 5.31. The van der Waals surface area contributed by atoms with E-state index in [-0.39, 0.29) is 49.1 Å². The second kappa shape index (κ2) is 9.20. The van der Waals surface area contributed by atoms with E-state index in [0.717, 1.165) is 11.0 Å². The molecular weight excluding hydrogens is 458 g/mol. The van der Waals surface area contributed by atoms with Gasteiger partial charge in [-0.05, 0) is 30.3 Å². The summed E-state index contributed by atoms with van der Waals surface area (Å²) in [4.78, 5) is 31.4. The van der Waals surface area contributed by atoms with E-state index in [1.807, 2.05) is 0 Å². The van der Waals surface area contributed by atoms with E-state index in [0.29, 0.717) is 5.69 Å². The number of likely N-dealkylation sites (tertiary alicyclic amines) is 1. The molecule has 0 saturated carbocycles. The van der Waals surface area contributed by atoms with Crippen LogP contribution in [0.3, 0.4) is 0 Å². The van der Waals surface area contributed by atoms with Gasteiger partial charge in [-0.15, -0.1) is 10.2 Å². The van der Waals surface area contributed by atoms with Gasteiger partial charge in [-0.3, -0.25) is 14.6 Å². The molecule has 178 valence electrons. The van der Waals surface area contributed by atoms with Crippen LogP contribution in [0.1, 0.15) is 31.4 Å². The molecule has 0 aliphatic carbocycles. The third kappa shape index (κ3) is 4.61. The number of rotatable bonds is 7. The normalized spacial score (nSPS) is 14.7. The molecule has 3 aromatic rings. The van der Waals surface area contributed by atoms with Gasteiger partial charge in [0.05, 0.1) is 30.9 Å². The summed E-state index contributed by atoms with van der Waals surface area (Å²) in [6.07, 6.45) is -1.45. The molecular formula is C22H19F4N5O3. The van der Waals surface area contributed by atoms with Crippen molar-refractivity contribution < 1.29 is 31.6 Å². The Morgan fingerprint density at radius 2 is 1.97 bits per heavy atom. The molecule has 34 heavy (non-hydrogen) atoms. The SMILES string of the molecule is CCC(=O)N1CC(F)(C(=O)N(Cc2ccc(-c3nnc(C(F)F)o3)cn2)c2cccc(F)c2)C1. The van der Waals surface area contributed by atoms with Gasteiger partial charge in [-0.2, -0.15) is 8.78 Å². The molecule has 12 heteroatoms. The molecule has 1 aliphatic rings. The summed E-state index contributed by atoms with van der Waals surface area (Å²) in [6.45, 7) is 0.655. The van der Waals surface area contributed by atoms with Crippen LogP contribution in [-0.4, -0.2) is 50.7 Å². The minimum absolute atomic E-state index is 0.117. The van der Waals surface area contributed by atoms with E-state index in [4.69, 9.17) is 4.42 Å². The number of benzene rings is 1. The monoisotopic (exact) mass is 477 g/mol. The lowest BCUT2D eigenvalue weighted by Crippen LogP contribution is -2.67. The van der Waals surface area contributed by atoms with Crippen LogP contribution in [0.2, 0.25) is 0 Å². The Morgan fingerprint density at radius 1 is 1.21 bits per heavy atom. The Hall–Kier alpha value is -3.83. The lowest BCUT2D eigenvalue weighted by molar-refractivity contribution is -0.154. The number of hydrogen-bond acceptors (Lipinski definition) is 6. The quantitative estimate of drug-likeness (QED) is 0.482. The number of amides is 2. The van der Waals surface area contributed by atoms with Gasteiger partial charge in [-0.1, -0.05) is 13.0 Å². The molecule has 0 spiro atoms. The van der Waals surface area contributed by atoms with Gasteiger partial charge in [0.15, 0.2) is 0 Å². The molecule has 0 atom stereocenters.